The van der Waals surface area contributed by atoms with Gasteiger partial charge in [-0.15, -0.1) is 0 Å². The molecule has 0 aliphatic heterocycles. The topological polar surface area (TPSA) is 83.6 Å². The number of nitro groups is 1. The molecule has 0 heterocycles. The first-order chi connectivity index (χ1) is 8.02. The zero-order chi connectivity index (χ0) is 13.0. The molecule has 0 atom stereocenters. The summed E-state index contributed by atoms with van der Waals surface area (Å²) in [5, 5.41) is 30.2. The number of nitro benzene ring substituents is 1. The van der Waals surface area contributed by atoms with Crippen molar-refractivity contribution < 1.29 is 15.1 Å². The summed E-state index contributed by atoms with van der Waals surface area (Å²) in [7, 11) is 0. The Bertz CT molecular complexity index is 429. The molecular weight excluding hydrogens is 222 g/mol. The van der Waals surface area contributed by atoms with Gasteiger partial charge in [0, 0.05) is 11.1 Å². The lowest BCUT2D eigenvalue weighted by Crippen LogP contribution is -2.01. The van der Waals surface area contributed by atoms with Crippen molar-refractivity contribution in [3.8, 4) is 11.5 Å². The van der Waals surface area contributed by atoms with E-state index in [9.17, 15) is 20.3 Å². The minimum absolute atomic E-state index is 0.106. The van der Waals surface area contributed by atoms with Crippen LogP contribution in [0.5, 0.6) is 11.5 Å². The lowest BCUT2D eigenvalue weighted by Gasteiger charge is -2.12. The summed E-state index contributed by atoms with van der Waals surface area (Å²) >= 11 is 0. The minimum Gasteiger partial charge on any atom is -0.504 e. The van der Waals surface area contributed by atoms with Crippen molar-refractivity contribution in [2.24, 2.45) is 0 Å². The van der Waals surface area contributed by atoms with Crippen LogP contribution in [0.25, 0.3) is 0 Å². The van der Waals surface area contributed by atoms with E-state index in [1.807, 2.05) is 13.8 Å². The van der Waals surface area contributed by atoms with Crippen molar-refractivity contribution in [2.75, 3.05) is 0 Å². The predicted octanol–water partition coefficient (Wildman–Crippen LogP) is 2.91. The van der Waals surface area contributed by atoms with Gasteiger partial charge in [0.05, 0.1) is 11.0 Å². The largest absolute Gasteiger partial charge is 0.504 e. The smallest absolute Gasteiger partial charge is 0.276 e. The zero-order valence-corrected chi connectivity index (χ0v) is 10.1. The molecule has 1 rings (SSSR count). The molecule has 0 saturated heterocycles. The van der Waals surface area contributed by atoms with Crippen LogP contribution in [0.2, 0.25) is 0 Å². The minimum atomic E-state index is -0.511. The van der Waals surface area contributed by atoms with Crippen LogP contribution in [0, 0.1) is 10.1 Å². The van der Waals surface area contributed by atoms with Gasteiger partial charge in [-0.3, -0.25) is 10.1 Å². The third-order valence-corrected chi connectivity index (χ3v) is 2.67. The van der Waals surface area contributed by atoms with E-state index < -0.39 is 10.7 Å². The van der Waals surface area contributed by atoms with E-state index in [1.165, 1.54) is 0 Å². The van der Waals surface area contributed by atoms with Crippen molar-refractivity contribution in [1.29, 1.82) is 0 Å². The molecule has 94 valence electrons. The van der Waals surface area contributed by atoms with Gasteiger partial charge in [0.25, 0.3) is 5.69 Å². The Morgan fingerprint density at radius 1 is 1.18 bits per heavy atom. The summed E-state index contributed by atoms with van der Waals surface area (Å²) in [4.78, 5) is 10.4. The van der Waals surface area contributed by atoms with Crippen LogP contribution in [-0.4, -0.2) is 15.1 Å². The van der Waals surface area contributed by atoms with Crippen LogP contribution in [0.1, 0.15) is 37.8 Å². The first-order valence-corrected chi connectivity index (χ1v) is 5.73. The molecule has 0 aliphatic carbocycles. The maximum absolute atomic E-state index is 10.9. The average molecular weight is 239 g/mol. The molecule has 0 spiro atoms. The van der Waals surface area contributed by atoms with Crippen molar-refractivity contribution in [2.45, 2.75) is 39.5 Å². The molecule has 1 aromatic rings. The van der Waals surface area contributed by atoms with Crippen molar-refractivity contribution in [3.63, 3.8) is 0 Å². The molecule has 0 fully saturated rings. The number of aromatic hydroxyl groups is 2. The van der Waals surface area contributed by atoms with Gasteiger partial charge < -0.3 is 10.2 Å². The molecule has 5 heteroatoms. The fourth-order valence-corrected chi connectivity index (χ4v) is 1.95. The number of benzene rings is 1. The second-order valence-corrected chi connectivity index (χ2v) is 3.98. The Balaban J connectivity index is 3.45. The summed E-state index contributed by atoms with van der Waals surface area (Å²) in [6.45, 7) is 3.84. The molecule has 2 N–H and O–H groups in total. The molecule has 17 heavy (non-hydrogen) atoms. The summed E-state index contributed by atoms with van der Waals surface area (Å²) in [6.07, 6.45) is 2.56. The lowest BCUT2D eigenvalue weighted by atomic mass is 9.96. The maximum atomic E-state index is 10.9. The van der Waals surface area contributed by atoms with E-state index >= 15 is 0 Å². The lowest BCUT2D eigenvalue weighted by molar-refractivity contribution is -0.385. The Labute approximate surface area is 99.9 Å². The molecular formula is C12H17NO4. The number of hydrogen-bond donors (Lipinski definition) is 2. The number of phenolic OH excluding ortho intramolecular Hbond substituents is 2. The molecule has 1 aromatic carbocycles. The standard InChI is InChI=1S/C12H17NO4/c1-3-5-8-9(6-4-2)12(15)11(14)7-10(8)13(16)17/h7,14-15H,3-6H2,1-2H3. The van der Waals surface area contributed by atoms with Crippen LogP contribution in [0.4, 0.5) is 5.69 Å². The predicted molar refractivity (Wildman–Crippen MR) is 64.4 cm³/mol. The highest BCUT2D eigenvalue weighted by molar-refractivity contribution is 5.59. The third-order valence-electron chi connectivity index (χ3n) is 2.67. The number of hydrogen-bond acceptors (Lipinski definition) is 4. The van der Waals surface area contributed by atoms with Crippen molar-refractivity contribution in [1.82, 2.24) is 0 Å². The second kappa shape index (κ2) is 5.52. The second-order valence-electron chi connectivity index (χ2n) is 3.98. The van der Waals surface area contributed by atoms with Crippen LogP contribution < -0.4 is 0 Å². The Morgan fingerprint density at radius 3 is 2.18 bits per heavy atom. The zero-order valence-electron chi connectivity index (χ0n) is 10.1. The summed E-state index contributed by atoms with van der Waals surface area (Å²) in [5.74, 6) is -0.638. The maximum Gasteiger partial charge on any atom is 0.276 e. The summed E-state index contributed by atoms with van der Waals surface area (Å²) < 4.78 is 0. The normalized spacial score (nSPS) is 10.5. The number of phenols is 2. The van der Waals surface area contributed by atoms with Crippen molar-refractivity contribution in [3.05, 3.63) is 27.3 Å². The van der Waals surface area contributed by atoms with E-state index in [4.69, 9.17) is 0 Å². The van der Waals surface area contributed by atoms with Gasteiger partial charge in [0.1, 0.15) is 0 Å². The van der Waals surface area contributed by atoms with Crippen LogP contribution in [0.15, 0.2) is 6.07 Å². The molecule has 0 saturated carbocycles. The Kier molecular flexibility index (Phi) is 4.31. The molecule has 0 unspecified atom stereocenters. The van der Waals surface area contributed by atoms with E-state index in [1.54, 1.807) is 0 Å². The monoisotopic (exact) mass is 239 g/mol. The van der Waals surface area contributed by atoms with E-state index in [-0.39, 0.29) is 11.4 Å². The van der Waals surface area contributed by atoms with Gasteiger partial charge in [-0.05, 0) is 12.8 Å². The van der Waals surface area contributed by atoms with Crippen LogP contribution in [-0.2, 0) is 12.8 Å². The molecule has 0 bridgehead atoms. The van der Waals surface area contributed by atoms with Gasteiger partial charge in [-0.2, -0.15) is 0 Å². The van der Waals surface area contributed by atoms with Gasteiger partial charge >= 0.3 is 0 Å². The number of rotatable bonds is 5. The molecule has 0 amide bonds. The quantitative estimate of drug-likeness (QED) is 0.470. The highest BCUT2D eigenvalue weighted by atomic mass is 16.6. The Hall–Kier alpha value is -1.78. The fourth-order valence-electron chi connectivity index (χ4n) is 1.95. The third kappa shape index (κ3) is 2.67. The van der Waals surface area contributed by atoms with Gasteiger partial charge in [-0.1, -0.05) is 26.7 Å². The highest BCUT2D eigenvalue weighted by Crippen LogP contribution is 2.39. The first kappa shape index (κ1) is 13.3. The average Bonchev–Trinajstić information content (AvgIpc) is 2.28. The first-order valence-electron chi connectivity index (χ1n) is 5.73. The molecule has 0 radical (unpaired) electrons. The van der Waals surface area contributed by atoms with Crippen LogP contribution >= 0.6 is 0 Å². The van der Waals surface area contributed by atoms with Crippen LogP contribution in [0.3, 0.4) is 0 Å². The van der Waals surface area contributed by atoms with Crippen molar-refractivity contribution >= 4 is 5.69 Å². The summed E-state index contributed by atoms with van der Waals surface area (Å²) in [6, 6.07) is 1.03. The van der Waals surface area contributed by atoms with E-state index in [2.05, 4.69) is 0 Å². The fraction of sp³-hybridized carbons (Fsp3) is 0.500. The molecule has 0 aromatic heterocycles. The van der Waals surface area contributed by atoms with E-state index in [0.717, 1.165) is 18.9 Å². The molecule has 0 aliphatic rings. The van der Waals surface area contributed by atoms with Gasteiger partial charge in [0.2, 0.25) is 0 Å². The van der Waals surface area contributed by atoms with E-state index in [0.29, 0.717) is 24.0 Å². The number of nitrogens with zero attached hydrogens (tertiary/aromatic N) is 1. The molecule has 5 nitrogen and oxygen atoms in total. The Morgan fingerprint density at radius 2 is 1.71 bits per heavy atom. The van der Waals surface area contributed by atoms with Gasteiger partial charge in [0.15, 0.2) is 11.5 Å². The summed E-state index contributed by atoms with van der Waals surface area (Å²) in [5.41, 5.74) is 0.932. The highest BCUT2D eigenvalue weighted by Gasteiger charge is 2.22. The van der Waals surface area contributed by atoms with Gasteiger partial charge in [-0.25, -0.2) is 0 Å². The SMILES string of the molecule is CCCc1c([N+](=O)[O-])cc(O)c(O)c1CCC.